The van der Waals surface area contributed by atoms with Crippen LogP contribution in [0.15, 0.2) is 33.5 Å². The molecule has 1 aromatic carbocycles. The molecule has 0 spiro atoms. The molecular formula is C18H21NO6. The van der Waals surface area contributed by atoms with Crippen LogP contribution in [0.3, 0.4) is 0 Å². The van der Waals surface area contributed by atoms with Gasteiger partial charge in [0.2, 0.25) is 0 Å². The van der Waals surface area contributed by atoms with Crippen molar-refractivity contribution < 1.29 is 23.8 Å². The van der Waals surface area contributed by atoms with Crippen molar-refractivity contribution in [3.05, 3.63) is 40.2 Å². The van der Waals surface area contributed by atoms with Gasteiger partial charge >= 0.3 is 11.6 Å². The topological polar surface area (TPSA) is 106 Å². The fourth-order valence-corrected chi connectivity index (χ4v) is 2.42. The van der Waals surface area contributed by atoms with Gasteiger partial charge in [-0.05, 0) is 37.5 Å². The third-order valence-corrected chi connectivity index (χ3v) is 3.84. The van der Waals surface area contributed by atoms with Gasteiger partial charge in [0.25, 0.3) is 5.91 Å². The number of carbonyl (C=O) groups excluding carboxylic acids is 1. The van der Waals surface area contributed by atoms with Crippen molar-refractivity contribution in [1.29, 1.82) is 0 Å². The molecule has 134 valence electrons. The van der Waals surface area contributed by atoms with E-state index in [0.29, 0.717) is 11.3 Å². The second-order valence-corrected chi connectivity index (χ2v) is 6.24. The second kappa shape index (κ2) is 7.38. The van der Waals surface area contributed by atoms with Gasteiger partial charge < -0.3 is 19.6 Å². The minimum atomic E-state index is -1.10. The third-order valence-electron chi connectivity index (χ3n) is 3.84. The number of carbonyl (C=O) groups is 2. The Balaban J connectivity index is 2.15. The van der Waals surface area contributed by atoms with E-state index in [4.69, 9.17) is 14.3 Å². The van der Waals surface area contributed by atoms with E-state index in [0.717, 1.165) is 10.9 Å². The van der Waals surface area contributed by atoms with Crippen molar-refractivity contribution in [3.8, 4) is 5.75 Å². The Hall–Kier alpha value is -2.83. The summed E-state index contributed by atoms with van der Waals surface area (Å²) in [4.78, 5) is 34.8. The van der Waals surface area contributed by atoms with Gasteiger partial charge in [-0.15, -0.1) is 0 Å². The number of carboxylic acids is 1. The van der Waals surface area contributed by atoms with Crippen LogP contribution in [0.4, 0.5) is 0 Å². The molecule has 2 aromatic rings. The fourth-order valence-electron chi connectivity index (χ4n) is 2.42. The van der Waals surface area contributed by atoms with Gasteiger partial charge in [-0.25, -0.2) is 9.59 Å². The summed E-state index contributed by atoms with van der Waals surface area (Å²) in [5.41, 5.74) is 0.680. The molecule has 0 bridgehead atoms. The first-order chi connectivity index (χ1) is 11.7. The summed E-state index contributed by atoms with van der Waals surface area (Å²) in [6.07, 6.45) is -0.908. The van der Waals surface area contributed by atoms with E-state index in [1.807, 2.05) is 0 Å². The van der Waals surface area contributed by atoms with Gasteiger partial charge in [-0.2, -0.15) is 0 Å². The van der Waals surface area contributed by atoms with Gasteiger partial charge in [-0.3, -0.25) is 4.79 Å². The number of hydrogen-bond donors (Lipinski definition) is 2. The van der Waals surface area contributed by atoms with E-state index in [9.17, 15) is 14.4 Å². The zero-order valence-electron chi connectivity index (χ0n) is 14.5. The average Bonchev–Trinajstić information content (AvgIpc) is 2.50. The van der Waals surface area contributed by atoms with Crippen LogP contribution in [0, 0.1) is 12.8 Å². The number of hydrogen-bond acceptors (Lipinski definition) is 5. The second-order valence-electron chi connectivity index (χ2n) is 6.24. The molecule has 0 saturated heterocycles. The highest BCUT2D eigenvalue weighted by molar-refractivity contribution is 5.86. The van der Waals surface area contributed by atoms with Gasteiger partial charge in [-0.1, -0.05) is 13.8 Å². The Morgan fingerprint density at radius 2 is 1.88 bits per heavy atom. The van der Waals surface area contributed by atoms with E-state index < -0.39 is 29.6 Å². The van der Waals surface area contributed by atoms with Gasteiger partial charge in [0, 0.05) is 17.5 Å². The number of carboxylic acid groups (broad SMARTS) is 1. The van der Waals surface area contributed by atoms with Crippen LogP contribution >= 0.6 is 0 Å². The molecule has 0 aliphatic carbocycles. The maximum atomic E-state index is 12.2. The number of amides is 1. The zero-order chi connectivity index (χ0) is 18.7. The molecule has 25 heavy (non-hydrogen) atoms. The minimum Gasteiger partial charge on any atom is -0.481 e. The molecule has 7 heteroatoms. The summed E-state index contributed by atoms with van der Waals surface area (Å²) in [6.45, 7) is 6.73. The lowest BCUT2D eigenvalue weighted by Gasteiger charge is -2.21. The van der Waals surface area contributed by atoms with E-state index in [-0.39, 0.29) is 5.92 Å². The number of fused-ring (bicyclic) bond motifs is 1. The Morgan fingerprint density at radius 1 is 1.20 bits per heavy atom. The quantitative estimate of drug-likeness (QED) is 0.775. The molecule has 0 radical (unpaired) electrons. The SMILES string of the molecule is Cc1cc(=O)oc2cc(OC(C)C(=O)N[C@@H](C(=O)O)C(C)C)ccc12. The highest BCUT2D eigenvalue weighted by Crippen LogP contribution is 2.23. The van der Waals surface area contributed by atoms with Crippen LogP contribution < -0.4 is 15.7 Å². The predicted octanol–water partition coefficient (Wildman–Crippen LogP) is 2.09. The lowest BCUT2D eigenvalue weighted by molar-refractivity contribution is -0.144. The number of rotatable bonds is 6. The van der Waals surface area contributed by atoms with Gasteiger partial charge in [0.1, 0.15) is 17.4 Å². The summed E-state index contributed by atoms with van der Waals surface area (Å²) in [5, 5.41) is 12.4. The zero-order valence-corrected chi connectivity index (χ0v) is 14.5. The van der Waals surface area contributed by atoms with Crippen molar-refractivity contribution in [2.45, 2.75) is 39.8 Å². The first-order valence-electron chi connectivity index (χ1n) is 7.93. The Kier molecular flexibility index (Phi) is 5.46. The highest BCUT2D eigenvalue weighted by atomic mass is 16.5. The molecule has 2 rings (SSSR count). The summed E-state index contributed by atoms with van der Waals surface area (Å²) < 4.78 is 10.7. The smallest absolute Gasteiger partial charge is 0.336 e. The van der Waals surface area contributed by atoms with Crippen LogP contribution in [0.1, 0.15) is 26.3 Å². The van der Waals surface area contributed by atoms with Gasteiger partial charge in [0.15, 0.2) is 6.10 Å². The van der Waals surface area contributed by atoms with E-state index in [1.165, 1.54) is 19.1 Å². The molecule has 0 aliphatic rings. The molecule has 0 aliphatic heterocycles. The first kappa shape index (κ1) is 18.5. The number of nitrogens with one attached hydrogen (secondary N) is 1. The van der Waals surface area contributed by atoms with Crippen molar-refractivity contribution in [2.75, 3.05) is 0 Å². The molecule has 1 heterocycles. The molecule has 1 amide bonds. The van der Waals surface area contributed by atoms with Crippen LogP contribution in [0.2, 0.25) is 0 Å². The molecule has 7 nitrogen and oxygen atoms in total. The molecule has 0 saturated carbocycles. The normalized spacial score (nSPS) is 13.5. The summed E-state index contributed by atoms with van der Waals surface area (Å²) in [6, 6.07) is 5.34. The molecule has 1 aromatic heterocycles. The molecular weight excluding hydrogens is 326 g/mol. The maximum Gasteiger partial charge on any atom is 0.336 e. The van der Waals surface area contributed by atoms with E-state index >= 15 is 0 Å². The fraction of sp³-hybridized carbons (Fsp3) is 0.389. The highest BCUT2D eigenvalue weighted by Gasteiger charge is 2.26. The van der Waals surface area contributed by atoms with Gasteiger partial charge in [0.05, 0.1) is 0 Å². The average molecular weight is 347 g/mol. The van der Waals surface area contributed by atoms with Crippen molar-refractivity contribution in [2.24, 2.45) is 5.92 Å². The monoisotopic (exact) mass is 347 g/mol. The number of ether oxygens (including phenoxy) is 1. The maximum absolute atomic E-state index is 12.2. The van der Waals surface area contributed by atoms with Crippen molar-refractivity contribution in [3.63, 3.8) is 0 Å². The number of benzene rings is 1. The molecule has 1 unspecified atom stereocenters. The first-order valence-corrected chi connectivity index (χ1v) is 7.93. The van der Waals surface area contributed by atoms with E-state index in [1.54, 1.807) is 32.9 Å². The molecule has 0 fully saturated rings. The lowest BCUT2D eigenvalue weighted by atomic mass is 10.0. The Morgan fingerprint density at radius 3 is 2.48 bits per heavy atom. The van der Waals surface area contributed by atoms with Crippen LogP contribution in [0.25, 0.3) is 11.0 Å². The minimum absolute atomic E-state index is 0.258. The van der Waals surface area contributed by atoms with Crippen molar-refractivity contribution in [1.82, 2.24) is 5.32 Å². The molecule has 2 atom stereocenters. The third kappa shape index (κ3) is 4.37. The summed E-state index contributed by atoms with van der Waals surface area (Å²) in [7, 11) is 0. The Bertz CT molecular complexity index is 854. The van der Waals surface area contributed by atoms with Crippen LogP contribution in [-0.4, -0.2) is 29.1 Å². The van der Waals surface area contributed by atoms with E-state index in [2.05, 4.69) is 5.32 Å². The Labute approximate surface area is 144 Å². The van der Waals surface area contributed by atoms with Crippen LogP contribution in [0.5, 0.6) is 5.75 Å². The number of aliphatic carboxylic acids is 1. The molecule has 2 N–H and O–H groups in total. The largest absolute Gasteiger partial charge is 0.481 e. The summed E-state index contributed by atoms with van der Waals surface area (Å²) >= 11 is 0. The summed E-state index contributed by atoms with van der Waals surface area (Å²) in [5.74, 6) is -1.54. The van der Waals surface area contributed by atoms with Crippen molar-refractivity contribution >= 4 is 22.8 Å². The standard InChI is InChI=1S/C18H21NO6/c1-9(2)16(18(22)23)19-17(21)11(4)24-12-5-6-13-10(3)7-15(20)25-14(13)8-12/h5-9,11,16H,1-4H3,(H,19,21)(H,22,23)/t11?,16-/m1/s1. The van der Waals surface area contributed by atoms with Crippen LogP contribution in [-0.2, 0) is 9.59 Å². The number of aryl methyl sites for hydroxylation is 1. The predicted molar refractivity (Wildman–Crippen MR) is 91.7 cm³/mol. The lowest BCUT2D eigenvalue weighted by Crippen LogP contribution is -2.48.